The maximum absolute atomic E-state index is 5.68. The lowest BCUT2D eigenvalue weighted by Gasteiger charge is -2.37. The molecule has 2 fully saturated rings. The van der Waals surface area contributed by atoms with Crippen molar-refractivity contribution in [2.75, 3.05) is 60.0 Å². The molecular formula is C23H34N6O2. The van der Waals surface area contributed by atoms with E-state index in [1.165, 1.54) is 18.4 Å². The highest BCUT2D eigenvalue weighted by molar-refractivity contribution is 5.80. The van der Waals surface area contributed by atoms with Crippen LogP contribution in [0.5, 0.6) is 5.75 Å². The summed E-state index contributed by atoms with van der Waals surface area (Å²) in [6.45, 7) is 7.76. The van der Waals surface area contributed by atoms with Crippen LogP contribution in [0.4, 0.5) is 0 Å². The number of aromatic nitrogens is 1. The molecule has 1 unspecified atom stereocenters. The Hall–Kier alpha value is -2.58. The van der Waals surface area contributed by atoms with Crippen molar-refractivity contribution in [3.63, 3.8) is 0 Å². The van der Waals surface area contributed by atoms with Crippen molar-refractivity contribution in [3.8, 4) is 5.75 Å². The van der Waals surface area contributed by atoms with Gasteiger partial charge in [-0.3, -0.25) is 14.8 Å². The molecule has 2 aliphatic heterocycles. The van der Waals surface area contributed by atoms with E-state index in [1.54, 1.807) is 13.4 Å². The predicted molar refractivity (Wildman–Crippen MR) is 121 cm³/mol. The van der Waals surface area contributed by atoms with Crippen molar-refractivity contribution >= 4 is 5.96 Å². The number of guanidine groups is 1. The van der Waals surface area contributed by atoms with Crippen LogP contribution in [-0.4, -0.2) is 85.8 Å². The van der Waals surface area contributed by atoms with Gasteiger partial charge in [0.1, 0.15) is 12.0 Å². The van der Waals surface area contributed by atoms with Gasteiger partial charge in [-0.15, -0.1) is 0 Å². The quantitative estimate of drug-likeness (QED) is 0.538. The van der Waals surface area contributed by atoms with Crippen LogP contribution in [0.2, 0.25) is 0 Å². The number of rotatable bonds is 7. The third kappa shape index (κ3) is 5.37. The number of para-hydroxylation sites is 1. The molecule has 0 spiro atoms. The number of nitrogens with zero attached hydrogens (tertiary/aromatic N) is 5. The molecule has 2 aromatic rings. The molecule has 31 heavy (non-hydrogen) atoms. The SMILES string of the molecule is CN=C(NCC(c1ccccc1OC)N1CCCC1)N1CCN(Cc2ccon2)CC1. The number of hydrogen-bond acceptors (Lipinski definition) is 6. The largest absolute Gasteiger partial charge is 0.496 e. The number of ether oxygens (including phenoxy) is 1. The van der Waals surface area contributed by atoms with Crippen molar-refractivity contribution in [2.24, 2.45) is 4.99 Å². The summed E-state index contributed by atoms with van der Waals surface area (Å²) in [6.07, 6.45) is 4.15. The van der Waals surface area contributed by atoms with Crippen molar-refractivity contribution in [1.82, 2.24) is 25.2 Å². The smallest absolute Gasteiger partial charge is 0.193 e. The van der Waals surface area contributed by atoms with E-state index in [-0.39, 0.29) is 6.04 Å². The van der Waals surface area contributed by atoms with Gasteiger partial charge in [-0.2, -0.15) is 0 Å². The maximum Gasteiger partial charge on any atom is 0.193 e. The molecule has 0 bridgehead atoms. The van der Waals surface area contributed by atoms with Crippen LogP contribution >= 0.6 is 0 Å². The first-order valence-electron chi connectivity index (χ1n) is 11.2. The zero-order valence-corrected chi connectivity index (χ0v) is 18.7. The van der Waals surface area contributed by atoms with Gasteiger partial charge in [-0.25, -0.2) is 0 Å². The maximum atomic E-state index is 5.68. The summed E-state index contributed by atoms with van der Waals surface area (Å²) in [5, 5.41) is 7.69. The molecule has 3 heterocycles. The predicted octanol–water partition coefficient (Wildman–Crippen LogP) is 2.21. The average Bonchev–Trinajstić information content (AvgIpc) is 3.52. The van der Waals surface area contributed by atoms with Gasteiger partial charge in [0.2, 0.25) is 0 Å². The Balaban J connectivity index is 1.37. The fourth-order valence-corrected chi connectivity index (χ4v) is 4.62. The van der Waals surface area contributed by atoms with Crippen LogP contribution in [-0.2, 0) is 6.54 Å². The summed E-state index contributed by atoms with van der Waals surface area (Å²) in [4.78, 5) is 11.9. The van der Waals surface area contributed by atoms with Gasteiger partial charge in [0.25, 0.3) is 0 Å². The van der Waals surface area contributed by atoms with Crippen molar-refractivity contribution in [3.05, 3.63) is 47.9 Å². The molecule has 0 saturated carbocycles. The van der Waals surface area contributed by atoms with E-state index in [0.29, 0.717) is 0 Å². The molecule has 2 saturated heterocycles. The van der Waals surface area contributed by atoms with Gasteiger partial charge in [-0.05, 0) is 32.0 Å². The van der Waals surface area contributed by atoms with E-state index in [0.717, 1.165) is 69.8 Å². The Bertz CT molecular complexity index is 826. The van der Waals surface area contributed by atoms with Crippen LogP contribution in [0.15, 0.2) is 46.1 Å². The van der Waals surface area contributed by atoms with Crippen LogP contribution in [0.1, 0.15) is 30.1 Å². The Labute approximate surface area is 184 Å². The van der Waals surface area contributed by atoms with Crippen LogP contribution in [0.3, 0.4) is 0 Å². The molecule has 8 heteroatoms. The molecule has 1 aromatic carbocycles. The zero-order valence-electron chi connectivity index (χ0n) is 18.7. The van der Waals surface area contributed by atoms with Crippen molar-refractivity contribution in [1.29, 1.82) is 0 Å². The standard InChI is InChI=1S/C23H34N6O2/c1-24-23(29-14-12-27(13-15-29)18-19-9-16-31-26-19)25-17-21(28-10-5-6-11-28)20-7-3-4-8-22(20)30-2/h3-4,7-9,16,21H,5-6,10-15,17-18H2,1-2H3,(H,24,25). The highest BCUT2D eigenvalue weighted by Crippen LogP contribution is 2.31. The van der Waals surface area contributed by atoms with Crippen molar-refractivity contribution in [2.45, 2.75) is 25.4 Å². The first-order chi connectivity index (χ1) is 15.3. The minimum absolute atomic E-state index is 0.267. The summed E-state index contributed by atoms with van der Waals surface area (Å²) in [5.41, 5.74) is 2.23. The number of likely N-dealkylation sites (tertiary alicyclic amines) is 1. The number of methoxy groups -OCH3 is 1. The number of nitrogens with one attached hydrogen (secondary N) is 1. The van der Waals surface area contributed by atoms with E-state index >= 15 is 0 Å². The zero-order chi connectivity index (χ0) is 21.5. The Morgan fingerprint density at radius 1 is 1.13 bits per heavy atom. The monoisotopic (exact) mass is 426 g/mol. The van der Waals surface area contributed by atoms with E-state index in [4.69, 9.17) is 9.26 Å². The Morgan fingerprint density at radius 2 is 1.90 bits per heavy atom. The molecule has 0 aliphatic carbocycles. The van der Waals surface area contributed by atoms with Gasteiger partial charge in [0.05, 0.1) is 18.8 Å². The average molecular weight is 427 g/mol. The first kappa shape index (κ1) is 21.6. The van der Waals surface area contributed by atoms with Gasteiger partial charge in [0, 0.05) is 57.9 Å². The number of benzene rings is 1. The highest BCUT2D eigenvalue weighted by Gasteiger charge is 2.27. The summed E-state index contributed by atoms with van der Waals surface area (Å²) in [6, 6.07) is 10.6. The molecule has 0 radical (unpaired) electrons. The van der Waals surface area contributed by atoms with E-state index in [2.05, 4.69) is 48.4 Å². The van der Waals surface area contributed by atoms with E-state index in [9.17, 15) is 0 Å². The van der Waals surface area contributed by atoms with E-state index < -0.39 is 0 Å². The Kier molecular flexibility index (Phi) is 7.43. The molecule has 1 aromatic heterocycles. The minimum Gasteiger partial charge on any atom is -0.496 e. The number of hydrogen-bond donors (Lipinski definition) is 1. The van der Waals surface area contributed by atoms with Crippen LogP contribution < -0.4 is 10.1 Å². The summed E-state index contributed by atoms with van der Waals surface area (Å²) < 4.78 is 10.6. The normalized spacial score (nSPS) is 19.5. The summed E-state index contributed by atoms with van der Waals surface area (Å²) in [5.74, 6) is 1.93. The van der Waals surface area contributed by atoms with Gasteiger partial charge in [-0.1, -0.05) is 23.4 Å². The number of aliphatic imine (C=N–C) groups is 1. The third-order valence-corrected chi connectivity index (χ3v) is 6.29. The Morgan fingerprint density at radius 3 is 2.58 bits per heavy atom. The fraction of sp³-hybridized carbons (Fsp3) is 0.565. The molecule has 168 valence electrons. The van der Waals surface area contributed by atoms with E-state index in [1.807, 2.05) is 19.2 Å². The third-order valence-electron chi connectivity index (χ3n) is 6.29. The minimum atomic E-state index is 0.267. The van der Waals surface area contributed by atoms with Gasteiger partial charge < -0.3 is 19.5 Å². The second-order valence-corrected chi connectivity index (χ2v) is 8.18. The highest BCUT2D eigenvalue weighted by atomic mass is 16.5. The summed E-state index contributed by atoms with van der Waals surface area (Å²) >= 11 is 0. The molecule has 2 aliphatic rings. The lowest BCUT2D eigenvalue weighted by molar-refractivity contribution is 0.167. The molecular weight excluding hydrogens is 392 g/mol. The second kappa shape index (κ2) is 10.6. The lowest BCUT2D eigenvalue weighted by Crippen LogP contribution is -2.53. The molecule has 1 N–H and O–H groups in total. The van der Waals surface area contributed by atoms with Gasteiger partial charge in [0.15, 0.2) is 5.96 Å². The van der Waals surface area contributed by atoms with Crippen LogP contribution in [0, 0.1) is 0 Å². The number of piperazine rings is 1. The summed E-state index contributed by atoms with van der Waals surface area (Å²) in [7, 11) is 3.63. The van der Waals surface area contributed by atoms with Gasteiger partial charge >= 0.3 is 0 Å². The topological polar surface area (TPSA) is 69.4 Å². The lowest BCUT2D eigenvalue weighted by atomic mass is 10.0. The molecule has 1 atom stereocenters. The van der Waals surface area contributed by atoms with Crippen molar-refractivity contribution < 1.29 is 9.26 Å². The second-order valence-electron chi connectivity index (χ2n) is 8.18. The molecule has 8 nitrogen and oxygen atoms in total. The molecule has 0 amide bonds. The first-order valence-corrected chi connectivity index (χ1v) is 11.2. The molecule has 4 rings (SSSR count). The fourth-order valence-electron chi connectivity index (χ4n) is 4.62. The van der Waals surface area contributed by atoms with Crippen LogP contribution in [0.25, 0.3) is 0 Å².